The highest BCUT2D eigenvalue weighted by Gasteiger charge is 2.25. The molecule has 1 aromatic rings. The first-order chi connectivity index (χ1) is 6.00. The molecule has 0 saturated heterocycles. The number of amides is 1. The third-order valence-corrected chi connectivity index (χ3v) is 2.46. The van der Waals surface area contributed by atoms with Gasteiger partial charge in [0, 0.05) is 5.69 Å². The van der Waals surface area contributed by atoms with Crippen molar-refractivity contribution in [2.24, 2.45) is 0 Å². The molecule has 0 saturated carbocycles. The molecule has 0 aliphatic carbocycles. The predicted molar refractivity (Wildman–Crippen MR) is 55.4 cm³/mol. The van der Waals surface area contributed by atoms with E-state index < -0.39 is 15.2 Å². The number of carbonyl (C=O) groups is 1. The van der Waals surface area contributed by atoms with Crippen LogP contribution in [0.4, 0.5) is 10.5 Å². The standard InChI is InChI=1S/C9H11NO2S/c1-13(2,12)9(11)10-8-6-4-3-5-7-8/h3-7H,1-2H3/p+1. The molecule has 0 aliphatic rings. The minimum absolute atomic E-state index is 0.432. The number of para-hydroxylation sites is 1. The van der Waals surface area contributed by atoms with E-state index in [9.17, 15) is 9.00 Å². The molecule has 70 valence electrons. The van der Waals surface area contributed by atoms with Crippen LogP contribution in [0.2, 0.25) is 0 Å². The van der Waals surface area contributed by atoms with Gasteiger partial charge in [-0.15, -0.1) is 0 Å². The second-order valence-corrected chi connectivity index (χ2v) is 5.85. The summed E-state index contributed by atoms with van der Waals surface area (Å²) in [6.45, 7) is 0. The van der Waals surface area contributed by atoms with Crippen LogP contribution in [0.3, 0.4) is 0 Å². The lowest BCUT2D eigenvalue weighted by molar-refractivity contribution is 0.268. The summed E-state index contributed by atoms with van der Waals surface area (Å²) in [4.78, 5) is 11.2. The van der Waals surface area contributed by atoms with Crippen LogP contribution in [0.25, 0.3) is 0 Å². The number of hydrogen-bond acceptors (Lipinski definition) is 2. The van der Waals surface area contributed by atoms with E-state index in [0.29, 0.717) is 5.69 Å². The van der Waals surface area contributed by atoms with E-state index in [1.54, 1.807) is 12.1 Å². The number of anilines is 1. The van der Waals surface area contributed by atoms with Crippen molar-refractivity contribution in [3.8, 4) is 0 Å². The van der Waals surface area contributed by atoms with E-state index in [1.807, 2.05) is 18.2 Å². The fourth-order valence-electron chi connectivity index (χ4n) is 0.762. The molecule has 0 aliphatic heterocycles. The predicted octanol–water partition coefficient (Wildman–Crippen LogP) is 1.98. The van der Waals surface area contributed by atoms with Crippen LogP contribution < -0.4 is 5.32 Å². The Kier molecular flexibility index (Phi) is 2.83. The summed E-state index contributed by atoms with van der Waals surface area (Å²) in [7, 11) is -2.40. The molecule has 3 nitrogen and oxygen atoms in total. The van der Waals surface area contributed by atoms with Gasteiger partial charge in [0.15, 0.2) is 9.93 Å². The van der Waals surface area contributed by atoms with Gasteiger partial charge in [0.2, 0.25) is 0 Å². The molecular formula is C9H12NO2S+. The molecule has 0 aromatic heterocycles. The van der Waals surface area contributed by atoms with Gasteiger partial charge in [0.25, 0.3) is 0 Å². The van der Waals surface area contributed by atoms with Crippen molar-refractivity contribution in [1.29, 1.82) is 0 Å². The number of benzene rings is 1. The minimum Gasteiger partial charge on any atom is -0.282 e. The van der Waals surface area contributed by atoms with Crippen LogP contribution >= 0.6 is 0 Å². The Morgan fingerprint density at radius 3 is 2.23 bits per heavy atom. The van der Waals surface area contributed by atoms with Gasteiger partial charge in [0.1, 0.15) is 12.5 Å². The molecule has 0 fully saturated rings. The zero-order chi connectivity index (χ0) is 9.90. The Balaban J connectivity index is 2.72. The summed E-state index contributed by atoms with van der Waals surface area (Å²) >= 11 is 0. The maximum atomic E-state index is 11.3. The van der Waals surface area contributed by atoms with Crippen molar-refractivity contribution in [2.75, 3.05) is 17.8 Å². The van der Waals surface area contributed by atoms with Gasteiger partial charge in [-0.1, -0.05) is 22.4 Å². The fourth-order valence-corrected chi connectivity index (χ4v) is 1.13. The quantitative estimate of drug-likeness (QED) is 0.701. The third-order valence-electron chi connectivity index (χ3n) is 1.47. The summed E-state index contributed by atoms with van der Waals surface area (Å²) in [5.74, 6) is 0. The molecule has 13 heavy (non-hydrogen) atoms. The summed E-state index contributed by atoms with van der Waals surface area (Å²) in [5.41, 5.74) is 0.670. The second kappa shape index (κ2) is 3.70. The molecule has 0 atom stereocenters. The Hall–Kier alpha value is -1.16. The molecule has 4 heteroatoms. The van der Waals surface area contributed by atoms with Crippen molar-refractivity contribution in [1.82, 2.24) is 0 Å². The van der Waals surface area contributed by atoms with Crippen molar-refractivity contribution in [3.63, 3.8) is 0 Å². The lowest BCUT2D eigenvalue weighted by Gasteiger charge is -2.02. The van der Waals surface area contributed by atoms with Crippen LogP contribution in [-0.2, 0) is 14.1 Å². The first-order valence-electron chi connectivity index (χ1n) is 3.80. The summed E-state index contributed by atoms with van der Waals surface area (Å²) in [6.07, 6.45) is 2.84. The van der Waals surface area contributed by atoms with E-state index in [-0.39, 0.29) is 0 Å². The van der Waals surface area contributed by atoms with E-state index in [4.69, 9.17) is 0 Å². The monoisotopic (exact) mass is 198 g/mol. The average molecular weight is 198 g/mol. The summed E-state index contributed by atoms with van der Waals surface area (Å²) in [5, 5.41) is 2.14. The molecule has 0 bridgehead atoms. The highest BCUT2D eigenvalue weighted by molar-refractivity contribution is 8.15. The van der Waals surface area contributed by atoms with E-state index >= 15 is 0 Å². The second-order valence-electron chi connectivity index (χ2n) is 3.01. The third kappa shape index (κ3) is 2.99. The van der Waals surface area contributed by atoms with Crippen molar-refractivity contribution in [2.45, 2.75) is 0 Å². The molecule has 1 rings (SSSR count). The molecule has 1 aromatic carbocycles. The maximum Gasteiger partial charge on any atom is 0.435 e. The van der Waals surface area contributed by atoms with Crippen LogP contribution in [0.1, 0.15) is 0 Å². The minimum atomic E-state index is -2.40. The van der Waals surface area contributed by atoms with Crippen LogP contribution in [0.15, 0.2) is 30.3 Å². The maximum absolute atomic E-state index is 11.3. The highest BCUT2D eigenvalue weighted by atomic mass is 32.2. The lowest BCUT2D eigenvalue weighted by Crippen LogP contribution is -2.24. The Bertz CT molecular complexity index is 342. The number of hydrogen-bond donors (Lipinski definition) is 1. The zero-order valence-electron chi connectivity index (χ0n) is 7.61. The SMILES string of the molecule is C[S+](C)(=O)C(=O)Nc1ccccc1. The van der Waals surface area contributed by atoms with Gasteiger partial charge in [-0.3, -0.25) is 5.32 Å². The van der Waals surface area contributed by atoms with E-state index in [2.05, 4.69) is 5.32 Å². The van der Waals surface area contributed by atoms with Gasteiger partial charge < -0.3 is 0 Å². The molecule has 0 unspecified atom stereocenters. The van der Waals surface area contributed by atoms with Crippen LogP contribution in [-0.4, -0.2) is 17.8 Å². The van der Waals surface area contributed by atoms with Crippen molar-refractivity contribution in [3.05, 3.63) is 30.3 Å². The molecule has 0 spiro atoms. The fraction of sp³-hybridized carbons (Fsp3) is 0.222. The first kappa shape index (κ1) is 9.92. The number of rotatable bonds is 1. The number of carbonyl (C=O) groups excluding carboxylic acids is 1. The van der Waals surface area contributed by atoms with Crippen molar-refractivity contribution < 1.29 is 9.00 Å². The summed E-state index contributed by atoms with van der Waals surface area (Å²) < 4.78 is 11.3. The van der Waals surface area contributed by atoms with Crippen molar-refractivity contribution >= 4 is 20.9 Å². The van der Waals surface area contributed by atoms with Gasteiger partial charge in [-0.05, 0) is 12.1 Å². The molecule has 0 heterocycles. The van der Waals surface area contributed by atoms with Gasteiger partial charge in [0.05, 0.1) is 0 Å². The molecule has 1 amide bonds. The smallest absolute Gasteiger partial charge is 0.282 e. The highest BCUT2D eigenvalue weighted by Crippen LogP contribution is 2.08. The Morgan fingerprint density at radius 1 is 1.23 bits per heavy atom. The normalized spacial score (nSPS) is 10.9. The van der Waals surface area contributed by atoms with Gasteiger partial charge >= 0.3 is 5.24 Å². The molecular weight excluding hydrogens is 186 g/mol. The molecule has 1 N–H and O–H groups in total. The van der Waals surface area contributed by atoms with Gasteiger partial charge in [-0.25, -0.2) is 4.79 Å². The van der Waals surface area contributed by atoms with Crippen LogP contribution in [0, 0.1) is 0 Å². The van der Waals surface area contributed by atoms with E-state index in [1.165, 1.54) is 12.5 Å². The first-order valence-corrected chi connectivity index (χ1v) is 6.18. The summed E-state index contributed by atoms with van der Waals surface area (Å²) in [6, 6.07) is 8.97. The topological polar surface area (TPSA) is 46.2 Å². The van der Waals surface area contributed by atoms with E-state index in [0.717, 1.165) is 0 Å². The molecule has 0 radical (unpaired) electrons. The zero-order valence-corrected chi connectivity index (χ0v) is 8.43. The van der Waals surface area contributed by atoms with Crippen LogP contribution in [0.5, 0.6) is 0 Å². The average Bonchev–Trinajstić information content (AvgIpc) is 2.04. The van der Waals surface area contributed by atoms with Gasteiger partial charge in [-0.2, -0.15) is 0 Å². The number of nitrogens with one attached hydrogen (secondary N) is 1. The Morgan fingerprint density at radius 2 is 1.77 bits per heavy atom. The largest absolute Gasteiger partial charge is 0.435 e. The lowest BCUT2D eigenvalue weighted by atomic mass is 10.3. The Labute approximate surface area is 78.6 Å².